The minimum absolute atomic E-state index is 0.0135. The zero-order valence-corrected chi connectivity index (χ0v) is 13.6. The predicted octanol–water partition coefficient (Wildman–Crippen LogP) is 3.52. The van der Waals surface area contributed by atoms with E-state index < -0.39 is 0 Å². The van der Waals surface area contributed by atoms with Crippen molar-refractivity contribution in [3.63, 3.8) is 0 Å². The van der Waals surface area contributed by atoms with Crippen molar-refractivity contribution in [3.8, 4) is 0 Å². The van der Waals surface area contributed by atoms with Crippen LogP contribution in [0.2, 0.25) is 0 Å². The molecule has 1 aliphatic carbocycles. The maximum atomic E-state index is 12.5. The van der Waals surface area contributed by atoms with Gasteiger partial charge >= 0.3 is 0 Å². The fourth-order valence-electron chi connectivity index (χ4n) is 3.07. The topological polar surface area (TPSA) is 54.0 Å². The largest absolute Gasteiger partial charge is 0.370 e. The summed E-state index contributed by atoms with van der Waals surface area (Å²) < 4.78 is 0. The summed E-state index contributed by atoms with van der Waals surface area (Å²) >= 11 is 0. The van der Waals surface area contributed by atoms with E-state index in [-0.39, 0.29) is 17.4 Å². The first-order valence-electron chi connectivity index (χ1n) is 7.96. The molecule has 0 spiro atoms. The van der Waals surface area contributed by atoms with Crippen LogP contribution >= 0.6 is 0 Å². The molecule has 0 aromatic carbocycles. The standard InChI is InChI=1S/C17H27N3O/c1-5-18-15-11-13(10-12(2)19-15)16(21)20-14-8-6-7-9-17(14,3)4/h10-11,14H,5-9H2,1-4H3,(H,18,19)(H,20,21). The smallest absolute Gasteiger partial charge is 0.251 e. The molecule has 21 heavy (non-hydrogen) atoms. The summed E-state index contributed by atoms with van der Waals surface area (Å²) in [6, 6.07) is 3.95. The molecule has 1 atom stereocenters. The molecule has 0 saturated heterocycles. The van der Waals surface area contributed by atoms with Gasteiger partial charge in [-0.2, -0.15) is 0 Å². The van der Waals surface area contributed by atoms with E-state index in [2.05, 4.69) is 29.5 Å². The fraction of sp³-hybridized carbons (Fsp3) is 0.647. The lowest BCUT2D eigenvalue weighted by Gasteiger charge is -2.39. The van der Waals surface area contributed by atoms with Crippen LogP contribution in [0.5, 0.6) is 0 Å². The van der Waals surface area contributed by atoms with Gasteiger partial charge in [0.1, 0.15) is 5.82 Å². The molecule has 4 heteroatoms. The molecule has 116 valence electrons. The molecule has 1 aromatic heterocycles. The van der Waals surface area contributed by atoms with Crippen LogP contribution in [0.4, 0.5) is 5.82 Å². The molecule has 1 aliphatic rings. The highest BCUT2D eigenvalue weighted by Crippen LogP contribution is 2.35. The van der Waals surface area contributed by atoms with Gasteiger partial charge in [-0.25, -0.2) is 4.98 Å². The first-order valence-corrected chi connectivity index (χ1v) is 7.96. The highest BCUT2D eigenvalue weighted by molar-refractivity contribution is 5.95. The van der Waals surface area contributed by atoms with Crippen molar-refractivity contribution in [2.75, 3.05) is 11.9 Å². The highest BCUT2D eigenvalue weighted by atomic mass is 16.1. The summed E-state index contributed by atoms with van der Waals surface area (Å²) in [6.45, 7) is 9.24. The van der Waals surface area contributed by atoms with Crippen LogP contribution in [0.15, 0.2) is 12.1 Å². The minimum atomic E-state index is 0.0135. The second-order valence-corrected chi connectivity index (χ2v) is 6.67. The van der Waals surface area contributed by atoms with Gasteiger partial charge in [-0.05, 0) is 44.2 Å². The van der Waals surface area contributed by atoms with Crippen molar-refractivity contribution in [3.05, 3.63) is 23.4 Å². The number of amides is 1. The number of hydrogen-bond acceptors (Lipinski definition) is 3. The fourth-order valence-corrected chi connectivity index (χ4v) is 3.07. The van der Waals surface area contributed by atoms with Gasteiger partial charge in [0.15, 0.2) is 0 Å². The number of aromatic nitrogens is 1. The maximum Gasteiger partial charge on any atom is 0.251 e. The van der Waals surface area contributed by atoms with Crippen LogP contribution < -0.4 is 10.6 Å². The highest BCUT2D eigenvalue weighted by Gasteiger charge is 2.33. The summed E-state index contributed by atoms with van der Waals surface area (Å²) in [5.41, 5.74) is 1.74. The van der Waals surface area contributed by atoms with Crippen LogP contribution in [-0.2, 0) is 0 Å². The molecular formula is C17H27N3O. The molecule has 1 fully saturated rings. The van der Waals surface area contributed by atoms with Gasteiger partial charge in [-0.15, -0.1) is 0 Å². The van der Waals surface area contributed by atoms with Gasteiger partial charge in [-0.1, -0.05) is 26.7 Å². The Morgan fingerprint density at radius 1 is 1.38 bits per heavy atom. The van der Waals surface area contributed by atoms with Crippen molar-refractivity contribution in [1.29, 1.82) is 0 Å². The SMILES string of the molecule is CCNc1cc(C(=O)NC2CCCCC2(C)C)cc(C)n1. The number of nitrogens with zero attached hydrogens (tertiary/aromatic N) is 1. The Bertz CT molecular complexity index is 511. The van der Waals surface area contributed by atoms with E-state index in [1.165, 1.54) is 19.3 Å². The Hall–Kier alpha value is -1.58. The number of nitrogens with one attached hydrogen (secondary N) is 2. The van der Waals surface area contributed by atoms with E-state index in [1.807, 2.05) is 26.0 Å². The molecule has 2 rings (SSSR count). The summed E-state index contributed by atoms with van der Waals surface area (Å²) in [4.78, 5) is 16.9. The molecule has 0 radical (unpaired) electrons. The third-order valence-corrected chi connectivity index (χ3v) is 4.39. The van der Waals surface area contributed by atoms with Crippen LogP contribution in [0.1, 0.15) is 62.5 Å². The Morgan fingerprint density at radius 3 is 2.81 bits per heavy atom. The van der Waals surface area contributed by atoms with E-state index in [0.29, 0.717) is 5.56 Å². The molecule has 4 nitrogen and oxygen atoms in total. The van der Waals surface area contributed by atoms with Crippen LogP contribution in [0.3, 0.4) is 0 Å². The number of rotatable bonds is 4. The second kappa shape index (κ2) is 6.46. The molecule has 0 aliphatic heterocycles. The van der Waals surface area contributed by atoms with Crippen LogP contribution in [0.25, 0.3) is 0 Å². The Morgan fingerprint density at radius 2 is 2.14 bits per heavy atom. The molecule has 2 N–H and O–H groups in total. The number of carbonyl (C=O) groups is 1. The summed E-state index contributed by atoms with van der Waals surface area (Å²) in [5, 5.41) is 6.40. The number of hydrogen-bond donors (Lipinski definition) is 2. The summed E-state index contributed by atoms with van der Waals surface area (Å²) in [6.07, 6.45) is 4.71. The molecule has 1 saturated carbocycles. The van der Waals surface area contributed by atoms with Gasteiger partial charge < -0.3 is 10.6 Å². The van der Waals surface area contributed by atoms with Gasteiger partial charge in [0.2, 0.25) is 0 Å². The number of carbonyl (C=O) groups excluding carboxylic acids is 1. The van der Waals surface area contributed by atoms with Crippen LogP contribution in [-0.4, -0.2) is 23.5 Å². The molecule has 1 aromatic rings. The van der Waals surface area contributed by atoms with E-state index in [4.69, 9.17) is 0 Å². The number of anilines is 1. The number of pyridine rings is 1. The maximum absolute atomic E-state index is 12.5. The zero-order valence-electron chi connectivity index (χ0n) is 13.6. The van der Waals surface area contributed by atoms with E-state index in [1.54, 1.807) is 0 Å². The summed E-state index contributed by atoms with van der Waals surface area (Å²) in [5.74, 6) is 0.783. The lowest BCUT2D eigenvalue weighted by molar-refractivity contribution is 0.0853. The Balaban J connectivity index is 2.12. The van der Waals surface area contributed by atoms with Gasteiger partial charge in [0.05, 0.1) is 0 Å². The molecule has 1 unspecified atom stereocenters. The van der Waals surface area contributed by atoms with E-state index in [0.717, 1.165) is 24.5 Å². The second-order valence-electron chi connectivity index (χ2n) is 6.67. The Labute approximate surface area is 127 Å². The van der Waals surface area contributed by atoms with Crippen molar-refractivity contribution in [2.45, 2.75) is 59.4 Å². The van der Waals surface area contributed by atoms with E-state index >= 15 is 0 Å². The summed E-state index contributed by atoms with van der Waals surface area (Å²) in [7, 11) is 0. The molecule has 0 bridgehead atoms. The predicted molar refractivity (Wildman–Crippen MR) is 86.6 cm³/mol. The molecule has 1 amide bonds. The lowest BCUT2D eigenvalue weighted by atomic mass is 9.73. The third-order valence-electron chi connectivity index (χ3n) is 4.39. The normalized spacial score (nSPS) is 20.9. The quantitative estimate of drug-likeness (QED) is 0.891. The van der Waals surface area contributed by atoms with Crippen molar-refractivity contribution in [1.82, 2.24) is 10.3 Å². The number of aryl methyl sites for hydroxylation is 1. The average molecular weight is 289 g/mol. The Kier molecular flexibility index (Phi) is 4.86. The zero-order chi connectivity index (χ0) is 15.5. The van der Waals surface area contributed by atoms with Gasteiger partial charge in [0.25, 0.3) is 5.91 Å². The minimum Gasteiger partial charge on any atom is -0.370 e. The lowest BCUT2D eigenvalue weighted by Crippen LogP contribution is -2.46. The first-order chi connectivity index (χ1) is 9.92. The third kappa shape index (κ3) is 3.96. The van der Waals surface area contributed by atoms with Gasteiger partial charge in [0, 0.05) is 23.8 Å². The van der Waals surface area contributed by atoms with Crippen molar-refractivity contribution >= 4 is 11.7 Å². The molecular weight excluding hydrogens is 262 g/mol. The van der Waals surface area contributed by atoms with E-state index in [9.17, 15) is 4.79 Å². The van der Waals surface area contributed by atoms with Crippen LogP contribution in [0, 0.1) is 12.3 Å². The average Bonchev–Trinajstić information content (AvgIpc) is 2.40. The van der Waals surface area contributed by atoms with Gasteiger partial charge in [-0.3, -0.25) is 4.79 Å². The first kappa shape index (κ1) is 15.8. The monoisotopic (exact) mass is 289 g/mol. The van der Waals surface area contributed by atoms with Crippen molar-refractivity contribution < 1.29 is 4.79 Å². The molecule has 1 heterocycles. The van der Waals surface area contributed by atoms with Crippen molar-refractivity contribution in [2.24, 2.45) is 5.41 Å².